The van der Waals surface area contributed by atoms with E-state index >= 15 is 0 Å². The molecule has 0 atom stereocenters. The van der Waals surface area contributed by atoms with Crippen LogP contribution >= 0.6 is 0 Å². The topological polar surface area (TPSA) is 90.6 Å². The maximum Gasteiger partial charge on any atom is 0.215 e. The molecule has 1 rings (SSSR count). The van der Waals surface area contributed by atoms with Gasteiger partial charge in [-0.2, -0.15) is 0 Å². The molecular formula is C14H24N2O4S. The van der Waals surface area contributed by atoms with Crippen molar-refractivity contribution in [2.24, 2.45) is 0 Å². The number of sulfonamides is 1. The number of nitrogens with one attached hydrogen (secondary N) is 1. The number of hydrogen-bond acceptors (Lipinski definition) is 5. The van der Waals surface area contributed by atoms with Gasteiger partial charge >= 0.3 is 0 Å². The van der Waals surface area contributed by atoms with Gasteiger partial charge in [-0.05, 0) is 30.5 Å². The molecule has 0 aliphatic heterocycles. The van der Waals surface area contributed by atoms with Gasteiger partial charge in [0.2, 0.25) is 10.0 Å². The lowest BCUT2D eigenvalue weighted by Gasteiger charge is -2.07. The van der Waals surface area contributed by atoms with Crippen LogP contribution in [0, 0.1) is 0 Å². The Kier molecular flexibility index (Phi) is 8.29. The first-order chi connectivity index (χ1) is 10.0. The van der Waals surface area contributed by atoms with Crippen molar-refractivity contribution in [3.63, 3.8) is 0 Å². The Labute approximate surface area is 126 Å². The van der Waals surface area contributed by atoms with E-state index in [2.05, 4.69) is 4.72 Å². The minimum Gasteiger partial charge on any atom is -0.399 e. The Morgan fingerprint density at radius 1 is 1.19 bits per heavy atom. The number of anilines is 1. The van der Waals surface area contributed by atoms with Crippen LogP contribution in [0.15, 0.2) is 24.3 Å². The zero-order valence-electron chi connectivity index (χ0n) is 12.4. The molecule has 3 N–H and O–H groups in total. The third-order valence-electron chi connectivity index (χ3n) is 2.78. The Morgan fingerprint density at radius 3 is 2.71 bits per heavy atom. The van der Waals surface area contributed by atoms with E-state index in [4.69, 9.17) is 15.2 Å². The Hall–Kier alpha value is -1.15. The van der Waals surface area contributed by atoms with Gasteiger partial charge in [-0.15, -0.1) is 0 Å². The summed E-state index contributed by atoms with van der Waals surface area (Å²) in [5.74, 6) is -0.0532. The molecule has 0 aromatic heterocycles. The van der Waals surface area contributed by atoms with E-state index in [0.717, 1.165) is 12.8 Å². The van der Waals surface area contributed by atoms with Gasteiger partial charge in [-0.3, -0.25) is 0 Å². The number of ether oxygens (including phenoxy) is 2. The van der Waals surface area contributed by atoms with Crippen molar-refractivity contribution >= 4 is 15.7 Å². The van der Waals surface area contributed by atoms with Gasteiger partial charge in [0.1, 0.15) is 0 Å². The van der Waals surface area contributed by atoms with E-state index in [0.29, 0.717) is 37.6 Å². The second-order valence-electron chi connectivity index (χ2n) is 4.71. The summed E-state index contributed by atoms with van der Waals surface area (Å²) < 4.78 is 36.5. The average Bonchev–Trinajstić information content (AvgIpc) is 2.41. The van der Waals surface area contributed by atoms with Gasteiger partial charge in [0, 0.05) is 25.9 Å². The first-order valence-electron chi connectivity index (χ1n) is 6.92. The lowest BCUT2D eigenvalue weighted by atomic mass is 10.2. The minimum atomic E-state index is -3.32. The molecule has 0 heterocycles. The fourth-order valence-electron chi connectivity index (χ4n) is 1.75. The van der Waals surface area contributed by atoms with Crippen molar-refractivity contribution in [2.45, 2.75) is 18.6 Å². The van der Waals surface area contributed by atoms with E-state index in [-0.39, 0.29) is 5.75 Å². The van der Waals surface area contributed by atoms with Crippen molar-refractivity contribution in [1.29, 1.82) is 0 Å². The number of unbranched alkanes of at least 4 members (excludes halogenated alkanes) is 1. The highest BCUT2D eigenvalue weighted by Gasteiger charge is 2.10. The lowest BCUT2D eigenvalue weighted by molar-refractivity contribution is 0.0689. The van der Waals surface area contributed by atoms with Crippen LogP contribution in [0.1, 0.15) is 18.4 Å². The second kappa shape index (κ2) is 9.73. The molecule has 1 aromatic rings. The first kappa shape index (κ1) is 17.9. The molecule has 6 nitrogen and oxygen atoms in total. The highest BCUT2D eigenvalue weighted by molar-refractivity contribution is 7.88. The highest BCUT2D eigenvalue weighted by Crippen LogP contribution is 2.09. The Balaban J connectivity index is 2.18. The third-order valence-corrected chi connectivity index (χ3v) is 4.13. The number of nitrogens with two attached hydrogens (primary N) is 1. The van der Waals surface area contributed by atoms with E-state index in [1.165, 1.54) is 0 Å². The van der Waals surface area contributed by atoms with E-state index < -0.39 is 10.0 Å². The van der Waals surface area contributed by atoms with Crippen LogP contribution in [0.5, 0.6) is 0 Å². The summed E-state index contributed by atoms with van der Waals surface area (Å²) >= 11 is 0. The van der Waals surface area contributed by atoms with E-state index in [1.807, 2.05) is 0 Å². The summed E-state index contributed by atoms with van der Waals surface area (Å²) in [6.07, 6.45) is 1.55. The summed E-state index contributed by atoms with van der Waals surface area (Å²) in [6.45, 7) is 2.17. The summed E-state index contributed by atoms with van der Waals surface area (Å²) in [7, 11) is -1.70. The molecule has 0 unspecified atom stereocenters. The van der Waals surface area contributed by atoms with Crippen LogP contribution in [0.3, 0.4) is 0 Å². The van der Waals surface area contributed by atoms with Crippen molar-refractivity contribution in [1.82, 2.24) is 4.72 Å². The molecule has 1 aromatic carbocycles. The number of methoxy groups -OCH3 is 1. The largest absolute Gasteiger partial charge is 0.399 e. The van der Waals surface area contributed by atoms with Gasteiger partial charge in [0.05, 0.1) is 19.0 Å². The van der Waals surface area contributed by atoms with Crippen LogP contribution in [0.25, 0.3) is 0 Å². The zero-order chi connectivity index (χ0) is 15.6. The minimum absolute atomic E-state index is 0.0532. The zero-order valence-corrected chi connectivity index (χ0v) is 13.2. The highest BCUT2D eigenvalue weighted by atomic mass is 32.2. The molecular weight excluding hydrogens is 292 g/mol. The quantitative estimate of drug-likeness (QED) is 0.472. The molecule has 0 radical (unpaired) electrons. The van der Waals surface area contributed by atoms with Crippen LogP contribution in [-0.4, -0.2) is 41.9 Å². The maximum absolute atomic E-state index is 11.9. The number of hydrogen-bond donors (Lipinski definition) is 2. The smallest absolute Gasteiger partial charge is 0.215 e. The molecule has 0 fully saturated rings. The molecule has 0 saturated heterocycles. The summed E-state index contributed by atoms with van der Waals surface area (Å²) in [6, 6.07) is 6.90. The number of benzene rings is 1. The van der Waals surface area contributed by atoms with Crippen LogP contribution in [0.2, 0.25) is 0 Å². The van der Waals surface area contributed by atoms with Gasteiger partial charge in [0.15, 0.2) is 0 Å². The van der Waals surface area contributed by atoms with E-state index in [1.54, 1.807) is 31.4 Å². The fourth-order valence-corrected chi connectivity index (χ4v) is 2.93. The van der Waals surface area contributed by atoms with Crippen LogP contribution in [-0.2, 0) is 25.2 Å². The SMILES string of the molecule is COCCOCCCCNS(=O)(=O)Cc1cccc(N)c1. The monoisotopic (exact) mass is 316 g/mol. The number of rotatable bonds is 11. The van der Waals surface area contributed by atoms with Crippen molar-refractivity contribution in [3.8, 4) is 0 Å². The predicted molar refractivity (Wildman–Crippen MR) is 83.4 cm³/mol. The summed E-state index contributed by atoms with van der Waals surface area (Å²) in [5, 5.41) is 0. The first-order valence-corrected chi connectivity index (χ1v) is 8.57. The summed E-state index contributed by atoms with van der Waals surface area (Å²) in [4.78, 5) is 0. The van der Waals surface area contributed by atoms with Gasteiger partial charge in [0.25, 0.3) is 0 Å². The van der Waals surface area contributed by atoms with Gasteiger partial charge in [-0.25, -0.2) is 13.1 Å². The van der Waals surface area contributed by atoms with Crippen molar-refractivity contribution < 1.29 is 17.9 Å². The van der Waals surface area contributed by atoms with Crippen LogP contribution in [0.4, 0.5) is 5.69 Å². The Bertz CT molecular complexity index is 505. The third kappa shape index (κ3) is 8.67. The number of nitrogen functional groups attached to an aromatic ring is 1. The second-order valence-corrected chi connectivity index (χ2v) is 6.52. The van der Waals surface area contributed by atoms with Crippen molar-refractivity contribution in [2.75, 3.05) is 39.2 Å². The lowest BCUT2D eigenvalue weighted by Crippen LogP contribution is -2.26. The predicted octanol–water partition coefficient (Wildman–Crippen LogP) is 1.13. The molecule has 0 bridgehead atoms. The molecule has 0 spiro atoms. The molecule has 7 heteroatoms. The molecule has 0 saturated carbocycles. The molecule has 0 aliphatic rings. The van der Waals surface area contributed by atoms with Gasteiger partial charge < -0.3 is 15.2 Å². The molecule has 0 aliphatic carbocycles. The molecule has 21 heavy (non-hydrogen) atoms. The van der Waals surface area contributed by atoms with Gasteiger partial charge in [-0.1, -0.05) is 12.1 Å². The Morgan fingerprint density at radius 2 is 2.00 bits per heavy atom. The average molecular weight is 316 g/mol. The maximum atomic E-state index is 11.9. The fraction of sp³-hybridized carbons (Fsp3) is 0.571. The molecule has 0 amide bonds. The summed E-state index contributed by atoms with van der Waals surface area (Å²) in [5.41, 5.74) is 6.88. The molecule has 120 valence electrons. The van der Waals surface area contributed by atoms with Crippen LogP contribution < -0.4 is 10.5 Å². The normalized spacial score (nSPS) is 11.7. The van der Waals surface area contributed by atoms with Crippen molar-refractivity contribution in [3.05, 3.63) is 29.8 Å². The standard InChI is InChI=1S/C14H24N2O4S/c1-19-9-10-20-8-3-2-7-16-21(17,18)12-13-5-4-6-14(15)11-13/h4-6,11,16H,2-3,7-10,12,15H2,1H3. The van der Waals surface area contributed by atoms with E-state index in [9.17, 15) is 8.42 Å².